The van der Waals surface area contributed by atoms with Crippen LogP contribution in [0.25, 0.3) is 0 Å². The highest BCUT2D eigenvalue weighted by atomic mass is 32.1. The Labute approximate surface area is 96.2 Å². The van der Waals surface area contributed by atoms with E-state index < -0.39 is 5.41 Å². The number of hydrogen-bond acceptors (Lipinski definition) is 4. The first kappa shape index (κ1) is 14.3. The zero-order valence-electron chi connectivity index (χ0n) is 9.74. The standard InChI is InChI=1S/C10H19NO3S/c1-10(2,7-8(15)11(3)4)9(13)14-6-5-12/h12H,5-7H2,1-4H3. The second kappa shape index (κ2) is 6.02. The summed E-state index contributed by atoms with van der Waals surface area (Å²) in [5, 5.41) is 8.54. The average molecular weight is 233 g/mol. The Balaban J connectivity index is 4.27. The van der Waals surface area contributed by atoms with Crippen LogP contribution in [0.5, 0.6) is 0 Å². The zero-order chi connectivity index (χ0) is 12.1. The van der Waals surface area contributed by atoms with Crippen molar-refractivity contribution in [2.24, 2.45) is 5.41 Å². The lowest BCUT2D eigenvalue weighted by molar-refractivity contribution is -0.154. The van der Waals surface area contributed by atoms with E-state index in [2.05, 4.69) is 0 Å². The SMILES string of the molecule is CN(C)C(=S)CC(C)(C)C(=O)OCCO. The van der Waals surface area contributed by atoms with Crippen LogP contribution in [0.4, 0.5) is 0 Å². The first-order valence-corrected chi connectivity index (χ1v) is 5.20. The van der Waals surface area contributed by atoms with Crippen molar-refractivity contribution in [3.05, 3.63) is 0 Å². The Morgan fingerprint density at radius 1 is 1.47 bits per heavy atom. The van der Waals surface area contributed by atoms with Crippen LogP contribution in [-0.2, 0) is 9.53 Å². The third kappa shape index (κ3) is 5.09. The molecule has 0 aliphatic rings. The smallest absolute Gasteiger partial charge is 0.312 e. The lowest BCUT2D eigenvalue weighted by Crippen LogP contribution is -2.33. The van der Waals surface area contributed by atoms with Crippen molar-refractivity contribution in [3.8, 4) is 0 Å². The number of hydrogen-bond donors (Lipinski definition) is 1. The van der Waals surface area contributed by atoms with E-state index >= 15 is 0 Å². The molecule has 0 fully saturated rings. The molecule has 15 heavy (non-hydrogen) atoms. The van der Waals surface area contributed by atoms with E-state index in [0.29, 0.717) is 11.4 Å². The van der Waals surface area contributed by atoms with Gasteiger partial charge in [-0.3, -0.25) is 4.79 Å². The van der Waals surface area contributed by atoms with E-state index in [1.165, 1.54) is 0 Å². The highest BCUT2D eigenvalue weighted by molar-refractivity contribution is 7.80. The summed E-state index contributed by atoms with van der Waals surface area (Å²) in [5.41, 5.74) is -0.642. The van der Waals surface area contributed by atoms with Crippen LogP contribution in [0, 0.1) is 5.41 Å². The third-order valence-electron chi connectivity index (χ3n) is 1.97. The molecule has 0 bridgehead atoms. The number of ether oxygens (including phenoxy) is 1. The second-order valence-electron chi connectivity index (χ2n) is 4.21. The fourth-order valence-corrected chi connectivity index (χ4v) is 1.30. The molecule has 4 nitrogen and oxygen atoms in total. The van der Waals surface area contributed by atoms with Crippen molar-refractivity contribution in [1.29, 1.82) is 0 Å². The predicted molar refractivity (Wildman–Crippen MR) is 62.7 cm³/mol. The third-order valence-corrected chi connectivity index (χ3v) is 2.48. The molecule has 0 spiro atoms. The van der Waals surface area contributed by atoms with Gasteiger partial charge >= 0.3 is 5.97 Å². The highest BCUT2D eigenvalue weighted by Gasteiger charge is 2.31. The molecule has 0 aliphatic heterocycles. The normalized spacial score (nSPS) is 11.0. The van der Waals surface area contributed by atoms with E-state index in [0.717, 1.165) is 0 Å². The van der Waals surface area contributed by atoms with Gasteiger partial charge in [-0.1, -0.05) is 12.2 Å². The van der Waals surface area contributed by atoms with Crippen LogP contribution < -0.4 is 0 Å². The van der Waals surface area contributed by atoms with Crippen molar-refractivity contribution in [3.63, 3.8) is 0 Å². The van der Waals surface area contributed by atoms with Gasteiger partial charge in [-0.15, -0.1) is 0 Å². The van der Waals surface area contributed by atoms with Crippen LogP contribution in [0.3, 0.4) is 0 Å². The first-order valence-electron chi connectivity index (χ1n) is 4.79. The fourth-order valence-electron chi connectivity index (χ4n) is 0.942. The first-order chi connectivity index (χ1) is 6.81. The molecule has 0 aromatic carbocycles. The van der Waals surface area contributed by atoms with Gasteiger partial charge in [-0.2, -0.15) is 0 Å². The molecule has 88 valence electrons. The van der Waals surface area contributed by atoms with Crippen molar-refractivity contribution in [1.82, 2.24) is 4.90 Å². The average Bonchev–Trinajstić information content (AvgIpc) is 2.13. The minimum absolute atomic E-state index is 0.0387. The lowest BCUT2D eigenvalue weighted by atomic mass is 9.89. The topological polar surface area (TPSA) is 49.8 Å². The van der Waals surface area contributed by atoms with Gasteiger partial charge in [-0.25, -0.2) is 0 Å². The molecule has 0 aromatic heterocycles. The Morgan fingerprint density at radius 2 is 2.00 bits per heavy atom. The molecule has 0 saturated carbocycles. The number of nitrogens with zero attached hydrogens (tertiary/aromatic N) is 1. The summed E-state index contributed by atoms with van der Waals surface area (Å²) in [5.74, 6) is -0.333. The summed E-state index contributed by atoms with van der Waals surface area (Å²) in [7, 11) is 3.69. The summed E-state index contributed by atoms with van der Waals surface area (Å²) >= 11 is 5.13. The van der Waals surface area contributed by atoms with Gasteiger partial charge in [0.2, 0.25) is 0 Å². The molecule has 0 aliphatic carbocycles. The molecule has 0 heterocycles. The van der Waals surface area contributed by atoms with Crippen LogP contribution in [0.1, 0.15) is 20.3 Å². The van der Waals surface area contributed by atoms with E-state index in [9.17, 15) is 4.79 Å². The number of carbonyl (C=O) groups is 1. The van der Waals surface area contributed by atoms with Gasteiger partial charge in [0.1, 0.15) is 6.61 Å². The Hall–Kier alpha value is -0.680. The molecule has 0 radical (unpaired) electrons. The number of esters is 1. The maximum atomic E-state index is 11.6. The summed E-state index contributed by atoms with van der Waals surface area (Å²) < 4.78 is 4.87. The fraction of sp³-hybridized carbons (Fsp3) is 0.800. The van der Waals surface area contributed by atoms with E-state index in [1.54, 1.807) is 18.7 Å². The summed E-state index contributed by atoms with van der Waals surface area (Å²) in [6.45, 7) is 3.45. The zero-order valence-corrected chi connectivity index (χ0v) is 10.6. The summed E-state index contributed by atoms with van der Waals surface area (Å²) in [6.07, 6.45) is 0.472. The number of aliphatic hydroxyl groups is 1. The van der Waals surface area contributed by atoms with Gasteiger partial charge < -0.3 is 14.7 Å². The molecule has 0 amide bonds. The lowest BCUT2D eigenvalue weighted by Gasteiger charge is -2.25. The molecule has 0 rings (SSSR count). The van der Waals surface area contributed by atoms with Crippen LogP contribution in [0.2, 0.25) is 0 Å². The van der Waals surface area contributed by atoms with Crippen LogP contribution >= 0.6 is 12.2 Å². The van der Waals surface area contributed by atoms with Crippen molar-refractivity contribution in [2.45, 2.75) is 20.3 Å². The van der Waals surface area contributed by atoms with Crippen LogP contribution in [0.15, 0.2) is 0 Å². The molecule has 0 aromatic rings. The molecule has 0 saturated heterocycles. The van der Waals surface area contributed by atoms with Gasteiger partial charge in [0.05, 0.1) is 17.0 Å². The maximum absolute atomic E-state index is 11.6. The van der Waals surface area contributed by atoms with Gasteiger partial charge in [0.15, 0.2) is 0 Å². The molecule has 0 atom stereocenters. The highest BCUT2D eigenvalue weighted by Crippen LogP contribution is 2.23. The van der Waals surface area contributed by atoms with Gasteiger partial charge in [0.25, 0.3) is 0 Å². The molecule has 1 N–H and O–H groups in total. The summed E-state index contributed by atoms with van der Waals surface area (Å²) in [4.78, 5) is 14.1. The Bertz CT molecular complexity index is 239. The van der Waals surface area contributed by atoms with Crippen molar-refractivity contribution in [2.75, 3.05) is 27.3 Å². The largest absolute Gasteiger partial charge is 0.463 e. The maximum Gasteiger partial charge on any atom is 0.312 e. The number of rotatable bonds is 5. The van der Waals surface area contributed by atoms with Crippen LogP contribution in [-0.4, -0.2) is 48.3 Å². The molecule has 0 unspecified atom stereocenters. The number of thiocarbonyl (C=S) groups is 1. The molecule has 5 heteroatoms. The number of aliphatic hydroxyl groups excluding tert-OH is 1. The minimum atomic E-state index is -0.642. The van der Waals surface area contributed by atoms with Crippen molar-refractivity contribution >= 4 is 23.2 Å². The Kier molecular flexibility index (Phi) is 5.75. The van der Waals surface area contributed by atoms with E-state index in [4.69, 9.17) is 22.1 Å². The van der Waals surface area contributed by atoms with Gasteiger partial charge in [-0.05, 0) is 13.8 Å². The summed E-state index contributed by atoms with van der Waals surface area (Å²) in [6, 6.07) is 0. The molecular formula is C10H19NO3S. The van der Waals surface area contributed by atoms with Crippen molar-refractivity contribution < 1.29 is 14.6 Å². The van der Waals surface area contributed by atoms with E-state index in [-0.39, 0.29) is 19.2 Å². The number of carbonyl (C=O) groups excluding carboxylic acids is 1. The Morgan fingerprint density at radius 3 is 2.40 bits per heavy atom. The molecular weight excluding hydrogens is 214 g/mol. The van der Waals surface area contributed by atoms with E-state index in [1.807, 2.05) is 14.1 Å². The predicted octanol–water partition coefficient (Wildman–Crippen LogP) is 0.827. The van der Waals surface area contributed by atoms with Gasteiger partial charge in [0, 0.05) is 20.5 Å². The second-order valence-corrected chi connectivity index (χ2v) is 4.68. The quantitative estimate of drug-likeness (QED) is 0.563. The minimum Gasteiger partial charge on any atom is -0.463 e. The monoisotopic (exact) mass is 233 g/mol.